The lowest BCUT2D eigenvalue weighted by molar-refractivity contribution is -0.118. The van der Waals surface area contributed by atoms with Gasteiger partial charge in [-0.05, 0) is 0 Å². The Morgan fingerprint density at radius 1 is 1.03 bits per heavy atom. The number of amides is 2. The number of alkyl carbamates (subject to hydrolysis) is 1. The molecule has 19 nitrogen and oxygen atoms in total. The number of carbonyl (C=O) groups is 2. The number of hydrogen-bond donors (Lipinski definition) is 2. The summed E-state index contributed by atoms with van der Waals surface area (Å²) in [5, 5.41) is 1.88. The van der Waals surface area contributed by atoms with E-state index in [0.29, 0.717) is 0 Å². The van der Waals surface area contributed by atoms with Crippen molar-refractivity contribution >= 4 is 35.5 Å². The smallest absolute Gasteiger partial charge is 0.443 e. The minimum atomic E-state index is -4.96. The van der Waals surface area contributed by atoms with Gasteiger partial charge in [-0.1, -0.05) is 0 Å². The van der Waals surface area contributed by atoms with Gasteiger partial charge in [-0.3, -0.25) is 47.1 Å². The van der Waals surface area contributed by atoms with E-state index in [1.807, 2.05) is 10.3 Å². The standard InChI is InChI=1S/C16H26N3O16P3/c1-10(20)17-16(23)33-11-8-14(19-7-6-13(21)18-15(19)22)32-12(11)9-31-37(25,29-4)35-38(26,30-5)34-36(24,27-2)28-3/h6-7,11-12,14H,8-9H2,1-5H3,(H,17,20,23)(H,18,21,22)/t11?,12-,14-,37?,38?/m1/s1. The van der Waals surface area contributed by atoms with Crippen LogP contribution in [-0.4, -0.2) is 68.8 Å². The zero-order valence-corrected chi connectivity index (χ0v) is 23.3. The molecular weight excluding hydrogens is 583 g/mol. The van der Waals surface area contributed by atoms with Gasteiger partial charge >= 0.3 is 35.3 Å². The number of phosphoric acid groups is 3. The van der Waals surface area contributed by atoms with Gasteiger partial charge in [-0.2, -0.15) is 8.62 Å². The minimum Gasteiger partial charge on any atom is -0.443 e. The monoisotopic (exact) mass is 609 g/mol. The second-order valence-electron chi connectivity index (χ2n) is 7.04. The number of nitrogens with zero attached hydrogens (tertiary/aromatic N) is 1. The number of nitrogens with one attached hydrogen (secondary N) is 2. The van der Waals surface area contributed by atoms with Crippen molar-refractivity contribution in [3.05, 3.63) is 33.1 Å². The molecule has 2 amide bonds. The second kappa shape index (κ2) is 13.4. The van der Waals surface area contributed by atoms with Gasteiger partial charge in [0.2, 0.25) is 5.91 Å². The highest BCUT2D eigenvalue weighted by Crippen LogP contribution is 2.72. The van der Waals surface area contributed by atoms with Gasteiger partial charge in [0, 0.05) is 54.0 Å². The molecule has 1 saturated heterocycles. The normalized spacial score (nSPS) is 22.8. The van der Waals surface area contributed by atoms with Gasteiger partial charge in [0.25, 0.3) is 5.56 Å². The summed E-state index contributed by atoms with van der Waals surface area (Å²) in [5.74, 6) is -0.730. The third kappa shape index (κ3) is 8.76. The van der Waals surface area contributed by atoms with Crippen LogP contribution in [0.25, 0.3) is 0 Å². The molecule has 216 valence electrons. The zero-order chi connectivity index (χ0) is 28.7. The molecule has 2 heterocycles. The summed E-state index contributed by atoms with van der Waals surface area (Å²) in [5.41, 5.74) is -1.52. The number of aromatic amines is 1. The van der Waals surface area contributed by atoms with Crippen LogP contribution in [0.1, 0.15) is 19.6 Å². The maximum absolute atomic E-state index is 13.0. The van der Waals surface area contributed by atoms with E-state index in [9.17, 15) is 32.9 Å². The molecule has 1 aliphatic heterocycles. The van der Waals surface area contributed by atoms with Crippen LogP contribution < -0.4 is 16.6 Å². The van der Waals surface area contributed by atoms with Crippen molar-refractivity contribution in [1.82, 2.24) is 14.9 Å². The van der Waals surface area contributed by atoms with Crippen LogP contribution in [0, 0.1) is 0 Å². The van der Waals surface area contributed by atoms with Crippen molar-refractivity contribution in [3.8, 4) is 0 Å². The van der Waals surface area contributed by atoms with E-state index in [0.717, 1.165) is 52.2 Å². The summed E-state index contributed by atoms with van der Waals surface area (Å²) in [7, 11) is -10.8. The first-order valence-electron chi connectivity index (χ1n) is 10.3. The van der Waals surface area contributed by atoms with Crippen molar-refractivity contribution in [2.75, 3.05) is 35.0 Å². The van der Waals surface area contributed by atoms with Crippen molar-refractivity contribution in [2.24, 2.45) is 0 Å². The van der Waals surface area contributed by atoms with Gasteiger partial charge in [-0.25, -0.2) is 23.3 Å². The molecule has 0 bridgehead atoms. The van der Waals surface area contributed by atoms with Gasteiger partial charge < -0.3 is 9.47 Å². The molecule has 3 unspecified atom stereocenters. The number of hydrogen-bond acceptors (Lipinski definition) is 16. The van der Waals surface area contributed by atoms with Gasteiger partial charge in [0.1, 0.15) is 18.4 Å². The first kappa shape index (κ1) is 32.2. The quantitative estimate of drug-likeness (QED) is 0.301. The summed E-state index contributed by atoms with van der Waals surface area (Å²) in [6.45, 7) is 0.317. The SMILES string of the molecule is COP(=O)(OC)OP(=O)(OC)OP(=O)(OC)OC[C@H]1O[C@@H](n2ccc(=O)[nH]c2=O)CC1OC(=O)NC(C)=O. The lowest BCUT2D eigenvalue weighted by atomic mass is 10.2. The highest BCUT2D eigenvalue weighted by Gasteiger charge is 2.47. The number of H-pyrrole nitrogens is 1. The van der Waals surface area contributed by atoms with E-state index < -0.39 is 71.8 Å². The number of rotatable bonds is 13. The minimum absolute atomic E-state index is 0.187. The molecule has 1 aromatic heterocycles. The highest BCUT2D eigenvalue weighted by atomic mass is 31.3. The van der Waals surface area contributed by atoms with Crippen LogP contribution in [0.2, 0.25) is 0 Å². The summed E-state index contributed by atoms with van der Waals surface area (Å²) in [6, 6.07) is 1.04. The molecular formula is C16H26N3O16P3. The lowest BCUT2D eigenvalue weighted by Gasteiger charge is -2.24. The number of phosphoric ester groups is 2. The van der Waals surface area contributed by atoms with Crippen LogP contribution >= 0.6 is 23.5 Å². The molecule has 22 heteroatoms. The Morgan fingerprint density at radius 2 is 1.61 bits per heavy atom. The van der Waals surface area contributed by atoms with Gasteiger partial charge in [0.05, 0.1) is 6.61 Å². The number of carbonyl (C=O) groups excluding carboxylic acids is 2. The highest BCUT2D eigenvalue weighted by molar-refractivity contribution is 7.67. The topological polar surface area (TPSA) is 235 Å². The number of ether oxygens (including phenoxy) is 2. The zero-order valence-electron chi connectivity index (χ0n) is 20.6. The summed E-state index contributed by atoms with van der Waals surface area (Å²) < 4.78 is 82.5. The van der Waals surface area contributed by atoms with E-state index in [-0.39, 0.29) is 6.42 Å². The van der Waals surface area contributed by atoms with Crippen molar-refractivity contribution in [2.45, 2.75) is 31.8 Å². The lowest BCUT2D eigenvalue weighted by Crippen LogP contribution is -2.37. The Balaban J connectivity index is 2.25. The van der Waals surface area contributed by atoms with E-state index in [1.54, 1.807) is 0 Å². The Kier molecular flexibility index (Phi) is 11.3. The maximum atomic E-state index is 13.0. The first-order valence-corrected chi connectivity index (χ1v) is 14.6. The maximum Gasteiger partial charge on any atom is 0.492 e. The van der Waals surface area contributed by atoms with Crippen LogP contribution in [0.3, 0.4) is 0 Å². The average Bonchev–Trinajstić information content (AvgIpc) is 3.24. The third-order valence-electron chi connectivity index (χ3n) is 4.57. The molecule has 0 aliphatic carbocycles. The fourth-order valence-electron chi connectivity index (χ4n) is 2.85. The summed E-state index contributed by atoms with van der Waals surface area (Å²) in [6.07, 6.45) is -3.83. The molecule has 2 N–H and O–H groups in total. The largest absolute Gasteiger partial charge is 0.492 e. The molecule has 0 radical (unpaired) electrons. The fraction of sp³-hybridized carbons (Fsp3) is 0.625. The summed E-state index contributed by atoms with van der Waals surface area (Å²) >= 11 is 0. The molecule has 2 rings (SSSR count). The Morgan fingerprint density at radius 3 is 2.13 bits per heavy atom. The molecule has 0 aromatic carbocycles. The predicted molar refractivity (Wildman–Crippen MR) is 123 cm³/mol. The van der Waals surface area contributed by atoms with Crippen molar-refractivity contribution in [3.63, 3.8) is 0 Å². The fourth-order valence-corrected chi connectivity index (χ4v) is 7.31. The molecule has 1 aromatic rings. The van der Waals surface area contributed by atoms with Crippen molar-refractivity contribution in [1.29, 1.82) is 0 Å². The number of imide groups is 1. The Hall–Kier alpha value is -2.01. The molecule has 0 spiro atoms. The second-order valence-corrected chi connectivity index (χ2v) is 12.7. The van der Waals surface area contributed by atoms with Crippen molar-refractivity contribution < 1.29 is 64.0 Å². The Labute approximate surface area is 214 Å². The summed E-state index contributed by atoms with van der Waals surface area (Å²) in [4.78, 5) is 48.7. The molecule has 38 heavy (non-hydrogen) atoms. The average molecular weight is 609 g/mol. The molecule has 0 saturated carbocycles. The Bertz CT molecular complexity index is 1250. The van der Waals surface area contributed by atoms with E-state index in [4.69, 9.17) is 18.3 Å². The van der Waals surface area contributed by atoms with Crippen LogP contribution in [0.15, 0.2) is 21.9 Å². The number of aromatic nitrogens is 2. The van der Waals surface area contributed by atoms with Crippen LogP contribution in [0.5, 0.6) is 0 Å². The van der Waals surface area contributed by atoms with E-state index in [2.05, 4.69) is 22.4 Å². The predicted octanol–water partition coefficient (Wildman–Crippen LogP) is 1.43. The third-order valence-corrected chi connectivity index (χ3v) is 10.0. The van der Waals surface area contributed by atoms with E-state index in [1.165, 1.54) is 0 Å². The van der Waals surface area contributed by atoms with E-state index >= 15 is 0 Å². The molecule has 1 aliphatic rings. The van der Waals surface area contributed by atoms with Gasteiger partial charge in [-0.15, -0.1) is 0 Å². The van der Waals surface area contributed by atoms with Gasteiger partial charge in [0.15, 0.2) is 0 Å². The molecule has 1 fully saturated rings. The molecule has 5 atom stereocenters. The first-order chi connectivity index (χ1) is 17.7. The van der Waals surface area contributed by atoms with Crippen LogP contribution in [-0.2, 0) is 59.2 Å². The van der Waals surface area contributed by atoms with Crippen LogP contribution in [0.4, 0.5) is 4.79 Å².